The molecule has 6 rings (SSSR count). The van der Waals surface area contributed by atoms with Gasteiger partial charge >= 0.3 is 0 Å². The first-order valence-corrected chi connectivity index (χ1v) is 18.3. The van der Waals surface area contributed by atoms with E-state index in [1.165, 1.54) is 63.0 Å². The molecule has 4 aromatic rings. The van der Waals surface area contributed by atoms with Gasteiger partial charge in [-0.2, -0.15) is 0 Å². The van der Waals surface area contributed by atoms with Gasteiger partial charge in [0.15, 0.2) is 0 Å². The van der Waals surface area contributed by atoms with Gasteiger partial charge in [-0.15, -0.1) is 22.7 Å². The normalized spacial score (nSPS) is 19.6. The molecule has 1 nitrogen and oxygen atoms in total. The number of hydrogen-bond donors (Lipinski definition) is 0. The molecule has 0 bridgehead atoms. The Hall–Kier alpha value is -1.98. The Morgan fingerprint density at radius 3 is 1.71 bits per heavy atom. The van der Waals surface area contributed by atoms with Crippen LogP contribution in [0, 0.1) is 0 Å². The monoisotopic (exact) mass is 596 g/mol. The SMILES string of the molecule is CC1=C(C)C(C([Si]CCCCCCOC(C)(C)C)C2C(C)=C(C)c3sc4ccccc4c32)c2c1sc1ccccc21. The number of benzene rings is 2. The minimum absolute atomic E-state index is 0.0282. The Balaban J connectivity index is 1.33. The standard InChI is InChI=1S/C37H44OS2Si/c1-22-24(3)34-32(26-16-10-12-18-28(26)39-34)30(22)36(41-21-15-9-8-14-20-38-37(5,6)7)31-23(2)25(4)35-33(31)27-17-11-13-19-29(27)40-35/h10-13,16-19,30-31,36H,8-9,14-15,20-21H2,1-7H3. The molecule has 0 saturated heterocycles. The molecule has 0 spiro atoms. The summed E-state index contributed by atoms with van der Waals surface area (Å²) in [6, 6.07) is 19.6. The van der Waals surface area contributed by atoms with E-state index in [0.29, 0.717) is 17.4 Å². The molecule has 0 fully saturated rings. The zero-order valence-electron chi connectivity index (χ0n) is 25.8. The van der Waals surface area contributed by atoms with Gasteiger partial charge in [-0.05, 0) is 106 Å². The molecule has 41 heavy (non-hydrogen) atoms. The van der Waals surface area contributed by atoms with Gasteiger partial charge < -0.3 is 4.74 Å². The van der Waals surface area contributed by atoms with Crippen LogP contribution in [0.4, 0.5) is 0 Å². The van der Waals surface area contributed by atoms with Crippen molar-refractivity contribution >= 4 is 63.5 Å². The molecule has 0 N–H and O–H groups in total. The van der Waals surface area contributed by atoms with Gasteiger partial charge in [0.25, 0.3) is 0 Å². The minimum atomic E-state index is -0.0282. The number of rotatable bonds is 10. The summed E-state index contributed by atoms with van der Waals surface area (Å²) < 4.78 is 8.87. The Labute approximate surface area is 257 Å². The largest absolute Gasteiger partial charge is 0.376 e. The van der Waals surface area contributed by atoms with Gasteiger partial charge in [0.1, 0.15) is 0 Å². The Kier molecular flexibility index (Phi) is 8.23. The molecule has 4 heteroatoms. The fourth-order valence-electron chi connectivity index (χ4n) is 7.12. The van der Waals surface area contributed by atoms with Crippen molar-refractivity contribution in [2.75, 3.05) is 6.61 Å². The van der Waals surface area contributed by atoms with Crippen molar-refractivity contribution in [1.29, 1.82) is 0 Å². The van der Waals surface area contributed by atoms with E-state index in [4.69, 9.17) is 4.74 Å². The van der Waals surface area contributed by atoms with Crippen LogP contribution in [0.1, 0.15) is 107 Å². The van der Waals surface area contributed by atoms with E-state index in [2.05, 4.69) is 97.0 Å². The second-order valence-electron chi connectivity index (χ2n) is 13.1. The summed E-state index contributed by atoms with van der Waals surface area (Å²) in [4.78, 5) is 3.10. The highest BCUT2D eigenvalue weighted by Gasteiger charge is 2.44. The van der Waals surface area contributed by atoms with Crippen LogP contribution in [0.15, 0.2) is 59.7 Å². The quantitative estimate of drug-likeness (QED) is 0.131. The van der Waals surface area contributed by atoms with Crippen LogP contribution in [0.3, 0.4) is 0 Å². The van der Waals surface area contributed by atoms with E-state index in [1.807, 2.05) is 22.7 Å². The fourth-order valence-corrected chi connectivity index (χ4v) is 11.8. The van der Waals surface area contributed by atoms with Crippen molar-refractivity contribution in [3.8, 4) is 0 Å². The lowest BCUT2D eigenvalue weighted by molar-refractivity contribution is -0.00471. The van der Waals surface area contributed by atoms with Gasteiger partial charge in [0.05, 0.1) is 5.60 Å². The third-order valence-corrected chi connectivity index (χ3v) is 13.8. The van der Waals surface area contributed by atoms with Gasteiger partial charge in [0.2, 0.25) is 0 Å². The van der Waals surface area contributed by atoms with Crippen LogP contribution in [0.2, 0.25) is 11.6 Å². The van der Waals surface area contributed by atoms with Gasteiger partial charge in [-0.3, -0.25) is 0 Å². The van der Waals surface area contributed by atoms with E-state index in [1.54, 1.807) is 32.0 Å². The zero-order chi connectivity index (χ0) is 28.9. The summed E-state index contributed by atoms with van der Waals surface area (Å²) in [6.45, 7) is 17.0. The number of thiophene rings is 2. The molecular weight excluding hydrogens is 553 g/mol. The van der Waals surface area contributed by atoms with Crippen molar-refractivity contribution in [1.82, 2.24) is 0 Å². The summed E-state index contributed by atoms with van der Waals surface area (Å²) in [6.07, 6.45) is 5.07. The van der Waals surface area contributed by atoms with Crippen LogP contribution >= 0.6 is 22.7 Å². The number of unbranched alkanes of at least 4 members (excludes halogenated alkanes) is 3. The maximum Gasteiger partial charge on any atom is 0.0598 e. The molecule has 2 radical (unpaired) electrons. The molecule has 2 unspecified atom stereocenters. The molecule has 2 heterocycles. The topological polar surface area (TPSA) is 9.23 Å². The lowest BCUT2D eigenvalue weighted by Crippen LogP contribution is -2.21. The van der Waals surface area contributed by atoms with Crippen molar-refractivity contribution in [2.24, 2.45) is 0 Å². The number of allylic oxidation sites excluding steroid dienone is 4. The van der Waals surface area contributed by atoms with Crippen LogP contribution in [0.5, 0.6) is 0 Å². The molecular formula is C37H44OS2Si. The van der Waals surface area contributed by atoms with E-state index in [-0.39, 0.29) is 5.60 Å². The minimum Gasteiger partial charge on any atom is -0.376 e. The lowest BCUT2D eigenvalue weighted by atomic mass is 9.80. The summed E-state index contributed by atoms with van der Waals surface area (Å²) in [7, 11) is 0.947. The molecule has 0 aliphatic heterocycles. The number of ether oxygens (including phenoxy) is 1. The van der Waals surface area contributed by atoms with E-state index < -0.39 is 0 Å². The predicted molar refractivity (Wildman–Crippen MR) is 184 cm³/mol. The second kappa shape index (κ2) is 11.6. The van der Waals surface area contributed by atoms with E-state index >= 15 is 0 Å². The molecule has 2 aromatic heterocycles. The molecule has 2 aliphatic rings. The van der Waals surface area contributed by atoms with Crippen LogP contribution in [0.25, 0.3) is 31.3 Å². The maximum absolute atomic E-state index is 5.97. The predicted octanol–water partition coefficient (Wildman–Crippen LogP) is 11.9. The number of hydrogen-bond acceptors (Lipinski definition) is 3. The molecule has 2 aliphatic carbocycles. The Morgan fingerprint density at radius 1 is 0.707 bits per heavy atom. The summed E-state index contributed by atoms with van der Waals surface area (Å²) in [5, 5.41) is 2.99. The number of fused-ring (bicyclic) bond motifs is 6. The summed E-state index contributed by atoms with van der Waals surface area (Å²) in [5.74, 6) is 0.995. The molecule has 2 aromatic carbocycles. The zero-order valence-corrected chi connectivity index (χ0v) is 28.5. The van der Waals surface area contributed by atoms with Crippen LogP contribution in [-0.4, -0.2) is 21.7 Å². The highest BCUT2D eigenvalue weighted by molar-refractivity contribution is 7.20. The highest BCUT2D eigenvalue weighted by atomic mass is 32.1. The Morgan fingerprint density at radius 2 is 1.20 bits per heavy atom. The van der Waals surface area contributed by atoms with Crippen molar-refractivity contribution in [2.45, 2.75) is 103 Å². The van der Waals surface area contributed by atoms with E-state index in [0.717, 1.165) is 16.1 Å². The first-order chi connectivity index (χ1) is 19.7. The summed E-state index contributed by atoms with van der Waals surface area (Å²) >= 11 is 4.04. The Bertz CT molecular complexity index is 1530. The summed E-state index contributed by atoms with van der Waals surface area (Å²) in [5.41, 5.74) is 10.1. The maximum atomic E-state index is 5.97. The average molecular weight is 597 g/mol. The first kappa shape index (κ1) is 29.1. The molecule has 0 amide bonds. The third kappa shape index (κ3) is 5.35. The highest BCUT2D eigenvalue weighted by Crippen LogP contribution is 2.62. The van der Waals surface area contributed by atoms with Gasteiger partial charge in [-0.25, -0.2) is 0 Å². The van der Waals surface area contributed by atoms with Crippen LogP contribution < -0.4 is 0 Å². The third-order valence-electron chi connectivity index (χ3n) is 9.39. The van der Waals surface area contributed by atoms with Crippen molar-refractivity contribution in [3.05, 3.63) is 80.6 Å². The average Bonchev–Trinajstić information content (AvgIpc) is 3.64. The fraction of sp³-hybridized carbons (Fsp3) is 0.459. The van der Waals surface area contributed by atoms with Crippen molar-refractivity contribution in [3.63, 3.8) is 0 Å². The second-order valence-corrected chi connectivity index (χ2v) is 16.8. The van der Waals surface area contributed by atoms with Gasteiger partial charge in [0, 0.05) is 47.1 Å². The first-order valence-electron chi connectivity index (χ1n) is 15.4. The smallest absolute Gasteiger partial charge is 0.0598 e. The van der Waals surface area contributed by atoms with Gasteiger partial charge in [-0.1, -0.05) is 72.9 Å². The molecule has 214 valence electrons. The molecule has 2 atom stereocenters. The van der Waals surface area contributed by atoms with Crippen LogP contribution in [-0.2, 0) is 4.74 Å². The molecule has 0 saturated carbocycles. The van der Waals surface area contributed by atoms with E-state index in [9.17, 15) is 0 Å². The van der Waals surface area contributed by atoms with Crippen molar-refractivity contribution < 1.29 is 4.74 Å². The lowest BCUT2D eigenvalue weighted by Gasteiger charge is -2.33.